The van der Waals surface area contributed by atoms with Crippen molar-refractivity contribution >= 4 is 23.9 Å². The largest absolute Gasteiger partial charge is 0.469 e. The first kappa shape index (κ1) is 48.7. The lowest BCUT2D eigenvalue weighted by Gasteiger charge is -2.64. The third-order valence-corrected chi connectivity index (χ3v) is 22.4. The van der Waals surface area contributed by atoms with E-state index in [0.29, 0.717) is 110 Å². The van der Waals surface area contributed by atoms with Crippen LogP contribution in [0.5, 0.6) is 0 Å². The van der Waals surface area contributed by atoms with Gasteiger partial charge in [-0.3, -0.25) is 19.2 Å². The van der Waals surface area contributed by atoms with Gasteiger partial charge in [0, 0.05) is 63.2 Å². The van der Waals surface area contributed by atoms with Gasteiger partial charge in [-0.15, -0.1) is 0 Å². The first-order valence-electron chi connectivity index (χ1n) is 26.5. The van der Waals surface area contributed by atoms with E-state index in [-0.39, 0.29) is 57.7 Å². The van der Waals surface area contributed by atoms with Gasteiger partial charge in [0.2, 0.25) is 11.6 Å². The molecule has 0 aromatic carbocycles. The molecular weight excluding hydrogens is 841 g/mol. The predicted octanol–water partition coefficient (Wildman–Crippen LogP) is 10.9. The van der Waals surface area contributed by atoms with Crippen LogP contribution in [0.15, 0.2) is 0 Å². The summed E-state index contributed by atoms with van der Waals surface area (Å²) in [5, 5.41) is 0. The van der Waals surface area contributed by atoms with E-state index in [9.17, 15) is 19.2 Å². The lowest BCUT2D eigenvalue weighted by Crippen LogP contribution is -2.63. The van der Waals surface area contributed by atoms with E-state index in [1.165, 1.54) is 14.2 Å². The molecule has 9 aliphatic rings. The molecule has 8 aliphatic carbocycles. The molecule has 9 fully saturated rings. The third-order valence-electron chi connectivity index (χ3n) is 22.4. The van der Waals surface area contributed by atoms with Gasteiger partial charge >= 0.3 is 23.9 Å². The molecule has 9 rings (SSSR count). The summed E-state index contributed by atoms with van der Waals surface area (Å²) in [5.74, 6) is 2.39. The maximum atomic E-state index is 12.8. The topological polar surface area (TPSA) is 142 Å². The standard InChI is InChI=1S/C54H84O12/c1-31(11-21-47(57)59-9)39-17-19-41-37-15-13-35-29-53(25-23-49(35,5)43(37)27-45(51(39,41)7)61-33(3)55)63-65-54(66-64-53)26-24-50(6)36(30-54)14-16-38-42-20-18-40(32(2)12-22-48(58)60-10)52(42,8)46(28-44(38)50)62-34(4)56/h31-32,35-46H,11-30H2,1-10H3/t31-,32-,35-,36-,37+,38+,39-,40-,41+,42+,43+,44+,45+,46+,49+,50+,51-,52-,53?,54?/m1/s1. The van der Waals surface area contributed by atoms with Crippen LogP contribution in [0.1, 0.15) is 184 Å². The van der Waals surface area contributed by atoms with Gasteiger partial charge in [0.15, 0.2) is 0 Å². The number of methoxy groups -OCH3 is 2. The van der Waals surface area contributed by atoms with E-state index in [0.717, 1.165) is 89.9 Å². The summed E-state index contributed by atoms with van der Waals surface area (Å²) in [4.78, 5) is 76.1. The van der Waals surface area contributed by atoms with Crippen molar-refractivity contribution in [1.29, 1.82) is 0 Å². The number of carbonyl (C=O) groups excluding carboxylic acids is 4. The van der Waals surface area contributed by atoms with Gasteiger partial charge in [0.25, 0.3) is 0 Å². The Hall–Kier alpha value is -2.28. The molecule has 0 N–H and O–H groups in total. The molecule has 0 radical (unpaired) electrons. The quantitative estimate of drug-likeness (QED) is 0.117. The molecule has 372 valence electrons. The van der Waals surface area contributed by atoms with Crippen LogP contribution in [-0.2, 0) is 57.7 Å². The first-order chi connectivity index (χ1) is 31.3. The van der Waals surface area contributed by atoms with Crippen LogP contribution in [0.4, 0.5) is 0 Å². The fourth-order valence-electron chi connectivity index (χ4n) is 18.9. The number of ether oxygens (including phenoxy) is 4. The first-order valence-corrected chi connectivity index (χ1v) is 26.5. The molecule has 1 heterocycles. The Morgan fingerprint density at radius 2 is 0.909 bits per heavy atom. The number of esters is 4. The van der Waals surface area contributed by atoms with Crippen LogP contribution in [0.3, 0.4) is 0 Å². The van der Waals surface area contributed by atoms with E-state index in [1.54, 1.807) is 13.8 Å². The van der Waals surface area contributed by atoms with Crippen molar-refractivity contribution in [2.24, 2.45) is 92.7 Å². The minimum atomic E-state index is -0.954. The summed E-state index contributed by atoms with van der Waals surface area (Å²) in [5.41, 5.74) is -0.182. The molecule has 12 nitrogen and oxygen atoms in total. The Kier molecular flexibility index (Phi) is 13.2. The third kappa shape index (κ3) is 7.90. The maximum Gasteiger partial charge on any atom is 0.305 e. The Bertz CT molecular complexity index is 1710. The summed E-state index contributed by atoms with van der Waals surface area (Å²) in [6.45, 7) is 17.5. The highest BCUT2D eigenvalue weighted by Crippen LogP contribution is 2.72. The van der Waals surface area contributed by atoms with Crippen LogP contribution >= 0.6 is 0 Å². The van der Waals surface area contributed by atoms with E-state index in [4.69, 9.17) is 38.5 Å². The zero-order valence-corrected chi connectivity index (χ0v) is 42.1. The van der Waals surface area contributed by atoms with E-state index in [1.807, 2.05) is 0 Å². The minimum absolute atomic E-state index is 0.0378. The monoisotopic (exact) mass is 925 g/mol. The molecule has 0 bridgehead atoms. The number of rotatable bonds is 10. The summed E-state index contributed by atoms with van der Waals surface area (Å²) < 4.78 is 22.7. The average Bonchev–Trinajstić information content (AvgIpc) is 3.84. The number of hydrogen-bond donors (Lipinski definition) is 0. The maximum absolute atomic E-state index is 12.8. The van der Waals surface area contributed by atoms with Crippen molar-refractivity contribution in [3.05, 3.63) is 0 Å². The Morgan fingerprint density at radius 1 is 0.530 bits per heavy atom. The van der Waals surface area contributed by atoms with Crippen molar-refractivity contribution in [3.8, 4) is 0 Å². The second-order valence-electron chi connectivity index (χ2n) is 24.8. The van der Waals surface area contributed by atoms with Crippen LogP contribution in [0.2, 0.25) is 0 Å². The summed E-state index contributed by atoms with van der Waals surface area (Å²) in [6.07, 6.45) is 17.4. The van der Waals surface area contributed by atoms with Gasteiger partial charge in [-0.1, -0.05) is 41.5 Å². The highest BCUT2D eigenvalue weighted by atomic mass is 17.4. The Labute approximate surface area is 394 Å². The highest BCUT2D eigenvalue weighted by molar-refractivity contribution is 5.69. The van der Waals surface area contributed by atoms with Crippen LogP contribution in [0.25, 0.3) is 0 Å². The zero-order chi connectivity index (χ0) is 47.2. The van der Waals surface area contributed by atoms with Crippen LogP contribution in [-0.4, -0.2) is 61.9 Å². The molecule has 18 atom stereocenters. The van der Waals surface area contributed by atoms with Crippen molar-refractivity contribution in [3.63, 3.8) is 0 Å². The predicted molar refractivity (Wildman–Crippen MR) is 243 cm³/mol. The second kappa shape index (κ2) is 17.8. The molecule has 0 aromatic heterocycles. The number of fused-ring (bicyclic) bond motifs is 10. The smallest absolute Gasteiger partial charge is 0.305 e. The van der Waals surface area contributed by atoms with E-state index < -0.39 is 11.6 Å². The van der Waals surface area contributed by atoms with E-state index >= 15 is 0 Å². The van der Waals surface area contributed by atoms with E-state index in [2.05, 4.69) is 41.5 Å². The molecular formula is C54H84O12. The average molecular weight is 925 g/mol. The summed E-state index contributed by atoms with van der Waals surface area (Å²) in [7, 11) is 2.92. The number of carbonyl (C=O) groups is 4. The second-order valence-corrected chi connectivity index (χ2v) is 24.8. The van der Waals surface area contributed by atoms with Gasteiger partial charge < -0.3 is 18.9 Å². The normalized spacial score (nSPS) is 48.9. The lowest BCUT2D eigenvalue weighted by molar-refractivity contribution is -0.667. The SMILES string of the molecule is COC(=O)CC[C@@H](C)[C@H]1CC[C@H]2[C@@H]3CC[C@@H]4CC5(CC[C@]4(C)[C@H]3C[C@H](OC(C)=O)[C@]12C)OOC1(CC[C@@]2(C)[C@H](CC[C@@H]3[C@@H]2C[C@H](OC(C)=O)[C@]2(C)[C@@H]([C@H](C)CCC(=O)OC)CC[C@@H]32)C1)OO5. The van der Waals surface area contributed by atoms with Crippen molar-refractivity contribution < 1.29 is 57.7 Å². The summed E-state index contributed by atoms with van der Waals surface area (Å²) in [6, 6.07) is 0. The fraction of sp³-hybridized carbons (Fsp3) is 0.926. The number of hydrogen-bond acceptors (Lipinski definition) is 12. The summed E-state index contributed by atoms with van der Waals surface area (Å²) >= 11 is 0. The molecule has 0 aromatic rings. The van der Waals surface area contributed by atoms with Crippen molar-refractivity contribution in [2.75, 3.05) is 14.2 Å². The van der Waals surface area contributed by atoms with Crippen LogP contribution in [0, 0.1) is 92.7 Å². The zero-order valence-electron chi connectivity index (χ0n) is 42.1. The van der Waals surface area contributed by atoms with Gasteiger partial charge in [0.05, 0.1) is 14.2 Å². The molecule has 8 saturated carbocycles. The molecule has 1 aliphatic heterocycles. The van der Waals surface area contributed by atoms with Gasteiger partial charge in [-0.25, -0.2) is 0 Å². The molecule has 0 unspecified atom stereocenters. The molecule has 66 heavy (non-hydrogen) atoms. The Balaban J connectivity index is 0.855. The Morgan fingerprint density at radius 3 is 1.26 bits per heavy atom. The highest BCUT2D eigenvalue weighted by Gasteiger charge is 2.69. The van der Waals surface area contributed by atoms with Crippen molar-refractivity contribution in [1.82, 2.24) is 0 Å². The van der Waals surface area contributed by atoms with Gasteiger partial charge in [-0.05, 0) is 172 Å². The molecule has 2 spiro atoms. The van der Waals surface area contributed by atoms with Gasteiger partial charge in [-0.2, -0.15) is 19.6 Å². The molecule has 12 heteroatoms. The lowest BCUT2D eigenvalue weighted by atomic mass is 9.43. The van der Waals surface area contributed by atoms with Crippen LogP contribution < -0.4 is 0 Å². The minimum Gasteiger partial charge on any atom is -0.469 e. The molecule has 0 amide bonds. The fourth-order valence-corrected chi connectivity index (χ4v) is 18.9. The van der Waals surface area contributed by atoms with Crippen molar-refractivity contribution in [2.45, 2.75) is 208 Å². The van der Waals surface area contributed by atoms with Gasteiger partial charge in [0.1, 0.15) is 12.2 Å². The molecule has 1 saturated heterocycles.